The Balaban J connectivity index is 1.81. The van der Waals surface area contributed by atoms with Gasteiger partial charge in [0.1, 0.15) is 12.4 Å². The number of alkyl carbamates (subject to hydrolysis) is 1. The lowest BCUT2D eigenvalue weighted by molar-refractivity contribution is -0.118. The normalized spacial score (nSPS) is 13.2. The monoisotopic (exact) mass is 527 g/mol. The summed E-state index contributed by atoms with van der Waals surface area (Å²) in [4.78, 5) is 29.8. The highest BCUT2D eigenvalue weighted by atomic mass is 32.1. The summed E-state index contributed by atoms with van der Waals surface area (Å²) in [5.74, 6) is -0.176. The molecule has 0 bridgehead atoms. The van der Waals surface area contributed by atoms with Gasteiger partial charge in [0, 0.05) is 17.9 Å². The van der Waals surface area contributed by atoms with E-state index in [1.54, 1.807) is 12.4 Å². The number of nitrogens with one attached hydrogen (secondary N) is 2. The third-order valence-corrected chi connectivity index (χ3v) is 11.6. The van der Waals surface area contributed by atoms with Gasteiger partial charge in [-0.05, 0) is 74.1 Å². The molecule has 0 spiro atoms. The number of hydrogen-bond donors (Lipinski definition) is 2. The number of anilines is 1. The minimum absolute atomic E-state index is 0.0715. The molecule has 0 aliphatic carbocycles. The first-order valence-electron chi connectivity index (χ1n) is 12.0. The fourth-order valence-electron chi connectivity index (χ4n) is 3.20. The van der Waals surface area contributed by atoms with Crippen molar-refractivity contribution in [1.82, 2.24) is 10.3 Å². The van der Waals surface area contributed by atoms with Crippen LogP contribution in [0.2, 0.25) is 18.1 Å². The maximum atomic E-state index is 13.4. The third-order valence-electron chi connectivity index (χ3n) is 6.21. The van der Waals surface area contributed by atoms with E-state index in [-0.39, 0.29) is 17.6 Å². The van der Waals surface area contributed by atoms with Crippen molar-refractivity contribution < 1.29 is 18.8 Å². The molecule has 0 radical (unpaired) electrons. The van der Waals surface area contributed by atoms with E-state index in [0.29, 0.717) is 5.00 Å². The summed E-state index contributed by atoms with van der Waals surface area (Å²) in [5.41, 5.74) is 0.296. The molecule has 36 heavy (non-hydrogen) atoms. The summed E-state index contributed by atoms with van der Waals surface area (Å²) in [6, 6.07) is 11.3. The topological polar surface area (TPSA) is 89.5 Å². The number of fused-ring (bicyclic) bond motifs is 1. The van der Waals surface area contributed by atoms with E-state index >= 15 is 0 Å². The molecule has 0 saturated heterocycles. The molecule has 0 aliphatic heterocycles. The van der Waals surface area contributed by atoms with Crippen molar-refractivity contribution in [3.63, 3.8) is 0 Å². The molecule has 2 heterocycles. The molecule has 2 N–H and O–H groups in total. The Morgan fingerprint density at radius 1 is 1.06 bits per heavy atom. The SMILES string of the molecule is CC(C)(C)NC(=O)OCC(C(=O)Nc1cc2ccncc2s1)c1ccc(O[Si](C)(C)C(C)(C)C)cc1. The lowest BCUT2D eigenvalue weighted by Crippen LogP contribution is -2.43. The molecule has 7 nitrogen and oxygen atoms in total. The molecule has 194 valence electrons. The number of aromatic nitrogens is 1. The highest BCUT2D eigenvalue weighted by Gasteiger charge is 2.39. The van der Waals surface area contributed by atoms with E-state index in [1.165, 1.54) is 11.3 Å². The zero-order valence-electron chi connectivity index (χ0n) is 22.4. The largest absolute Gasteiger partial charge is 0.544 e. The van der Waals surface area contributed by atoms with Crippen molar-refractivity contribution in [3.8, 4) is 5.75 Å². The van der Waals surface area contributed by atoms with E-state index in [1.807, 2.05) is 57.2 Å². The van der Waals surface area contributed by atoms with Gasteiger partial charge in [-0.2, -0.15) is 0 Å². The molecule has 9 heteroatoms. The maximum Gasteiger partial charge on any atom is 0.407 e. The Bertz CT molecular complexity index is 1180. The number of rotatable bonds is 7. The molecule has 0 aliphatic rings. The Kier molecular flexibility index (Phi) is 8.15. The van der Waals surface area contributed by atoms with Gasteiger partial charge >= 0.3 is 6.09 Å². The zero-order valence-corrected chi connectivity index (χ0v) is 24.2. The quantitative estimate of drug-likeness (QED) is 0.325. The summed E-state index contributed by atoms with van der Waals surface area (Å²) < 4.78 is 12.8. The number of carbonyl (C=O) groups excluding carboxylic acids is 2. The Morgan fingerprint density at radius 2 is 1.72 bits per heavy atom. The molecule has 1 unspecified atom stereocenters. The second kappa shape index (κ2) is 10.6. The fourth-order valence-corrected chi connectivity index (χ4v) is 5.16. The maximum absolute atomic E-state index is 13.4. The predicted molar refractivity (Wildman–Crippen MR) is 149 cm³/mol. The summed E-state index contributed by atoms with van der Waals surface area (Å²) in [5, 5.41) is 7.55. The van der Waals surface area contributed by atoms with Crippen LogP contribution in [-0.2, 0) is 9.53 Å². The molecule has 3 aromatic rings. The number of ether oxygens (including phenoxy) is 1. The standard InChI is InChI=1S/C27H37N3O4SSi/c1-26(2,3)30-25(32)33-17-21(24(31)29-23-15-19-13-14-28-16-22(19)35-23)18-9-11-20(12-10-18)34-36(7,8)27(4,5)6/h9-16,21H,17H2,1-8H3,(H,29,31)(H,30,32). The van der Waals surface area contributed by atoms with Gasteiger partial charge in [-0.3, -0.25) is 9.78 Å². The molecule has 0 fully saturated rings. The van der Waals surface area contributed by atoms with Crippen LogP contribution in [0.5, 0.6) is 5.75 Å². The van der Waals surface area contributed by atoms with E-state index in [9.17, 15) is 9.59 Å². The van der Waals surface area contributed by atoms with Crippen LogP contribution in [0.25, 0.3) is 10.1 Å². The summed E-state index contributed by atoms with van der Waals surface area (Å²) in [6.07, 6.45) is 2.93. The zero-order chi connectivity index (χ0) is 26.7. The number of pyridine rings is 1. The Hall–Kier alpha value is -2.91. The van der Waals surface area contributed by atoms with Crippen LogP contribution < -0.4 is 15.1 Å². The molecular weight excluding hydrogens is 490 g/mol. The highest BCUT2D eigenvalue weighted by molar-refractivity contribution is 7.22. The van der Waals surface area contributed by atoms with Gasteiger partial charge in [-0.25, -0.2) is 4.79 Å². The van der Waals surface area contributed by atoms with Gasteiger partial charge in [0.25, 0.3) is 0 Å². The molecule has 3 rings (SSSR count). The van der Waals surface area contributed by atoms with Crippen molar-refractivity contribution >= 4 is 46.7 Å². The first-order chi connectivity index (χ1) is 16.6. The first kappa shape index (κ1) is 27.7. The van der Waals surface area contributed by atoms with Crippen LogP contribution in [-0.4, -0.2) is 37.4 Å². The number of amides is 2. The van der Waals surface area contributed by atoms with Gasteiger partial charge in [0.15, 0.2) is 0 Å². The smallest absolute Gasteiger partial charge is 0.407 e. The van der Waals surface area contributed by atoms with Crippen LogP contribution in [0.4, 0.5) is 9.80 Å². The van der Waals surface area contributed by atoms with Crippen molar-refractivity contribution in [2.45, 2.75) is 71.1 Å². The van der Waals surface area contributed by atoms with E-state index in [2.05, 4.69) is 49.5 Å². The number of hydrogen-bond acceptors (Lipinski definition) is 6. The molecule has 2 amide bonds. The Morgan fingerprint density at radius 3 is 2.31 bits per heavy atom. The second-order valence-corrected chi connectivity index (χ2v) is 17.3. The van der Waals surface area contributed by atoms with Gasteiger partial charge in [-0.15, -0.1) is 11.3 Å². The minimum Gasteiger partial charge on any atom is -0.544 e. The second-order valence-electron chi connectivity index (χ2n) is 11.5. The summed E-state index contributed by atoms with van der Waals surface area (Å²) >= 11 is 1.45. The van der Waals surface area contributed by atoms with Crippen LogP contribution in [0.3, 0.4) is 0 Å². The van der Waals surface area contributed by atoms with E-state index < -0.39 is 25.9 Å². The lowest BCUT2D eigenvalue weighted by Gasteiger charge is -2.36. The third kappa shape index (κ3) is 7.30. The highest BCUT2D eigenvalue weighted by Crippen LogP contribution is 2.37. The molecule has 0 saturated carbocycles. The van der Waals surface area contributed by atoms with Crippen molar-refractivity contribution in [1.29, 1.82) is 0 Å². The number of thiophene rings is 1. The van der Waals surface area contributed by atoms with Crippen LogP contribution in [0.1, 0.15) is 53.0 Å². The van der Waals surface area contributed by atoms with Gasteiger partial charge in [0.05, 0.1) is 15.6 Å². The minimum atomic E-state index is -1.99. The van der Waals surface area contributed by atoms with Crippen LogP contribution in [0, 0.1) is 0 Å². The van der Waals surface area contributed by atoms with Crippen molar-refractivity contribution in [2.24, 2.45) is 0 Å². The molecule has 1 aromatic carbocycles. The number of nitrogens with zero attached hydrogens (tertiary/aromatic N) is 1. The number of carbonyl (C=O) groups is 2. The first-order valence-corrected chi connectivity index (χ1v) is 15.8. The van der Waals surface area contributed by atoms with E-state index in [0.717, 1.165) is 21.4 Å². The molecule has 2 aromatic heterocycles. The number of benzene rings is 1. The van der Waals surface area contributed by atoms with Gasteiger partial charge in [-0.1, -0.05) is 32.9 Å². The molecule has 1 atom stereocenters. The van der Waals surface area contributed by atoms with Crippen molar-refractivity contribution in [3.05, 3.63) is 54.4 Å². The predicted octanol–water partition coefficient (Wildman–Crippen LogP) is 6.93. The van der Waals surface area contributed by atoms with Crippen molar-refractivity contribution in [2.75, 3.05) is 11.9 Å². The summed E-state index contributed by atoms with van der Waals surface area (Å²) in [6.45, 7) is 16.5. The lowest BCUT2D eigenvalue weighted by atomic mass is 9.99. The van der Waals surface area contributed by atoms with Gasteiger partial charge < -0.3 is 19.8 Å². The Labute approximate surface area is 218 Å². The van der Waals surface area contributed by atoms with Crippen LogP contribution >= 0.6 is 11.3 Å². The van der Waals surface area contributed by atoms with Gasteiger partial charge in [0.2, 0.25) is 14.2 Å². The average Bonchev–Trinajstić information content (AvgIpc) is 3.15. The average molecular weight is 528 g/mol. The van der Waals surface area contributed by atoms with E-state index in [4.69, 9.17) is 9.16 Å². The summed E-state index contributed by atoms with van der Waals surface area (Å²) in [7, 11) is -1.99. The molecular formula is C27H37N3O4SSi. The van der Waals surface area contributed by atoms with Crippen LogP contribution in [0.15, 0.2) is 48.8 Å². The fraction of sp³-hybridized carbons (Fsp3) is 0.444.